The smallest absolute Gasteiger partial charge is 0.131 e. The van der Waals surface area contributed by atoms with Crippen LogP contribution in [0.5, 0.6) is 5.75 Å². The SMILES string of the molecule is COc1ccc([C@H](CC#N)N2CCNCC2)c(F)c1. The molecule has 0 bridgehead atoms. The number of hydrogen-bond donors (Lipinski definition) is 1. The van der Waals surface area contributed by atoms with Crippen molar-refractivity contribution in [3.8, 4) is 11.8 Å². The van der Waals surface area contributed by atoms with E-state index in [1.165, 1.54) is 13.2 Å². The third-order valence-corrected chi connectivity index (χ3v) is 3.44. The maximum Gasteiger partial charge on any atom is 0.131 e. The minimum Gasteiger partial charge on any atom is -0.497 e. The van der Waals surface area contributed by atoms with E-state index in [0.29, 0.717) is 17.7 Å². The van der Waals surface area contributed by atoms with Crippen LogP contribution in [0.3, 0.4) is 0 Å². The van der Waals surface area contributed by atoms with Gasteiger partial charge in [-0.2, -0.15) is 5.26 Å². The first-order valence-electron chi connectivity index (χ1n) is 6.41. The van der Waals surface area contributed by atoms with Crippen molar-refractivity contribution in [3.05, 3.63) is 29.6 Å². The molecule has 0 amide bonds. The van der Waals surface area contributed by atoms with Crippen LogP contribution in [0.4, 0.5) is 4.39 Å². The molecule has 0 radical (unpaired) electrons. The number of ether oxygens (including phenoxy) is 1. The second-order valence-electron chi connectivity index (χ2n) is 4.55. The molecular weight excluding hydrogens is 245 g/mol. The zero-order chi connectivity index (χ0) is 13.7. The van der Waals surface area contributed by atoms with Gasteiger partial charge in [0.05, 0.1) is 25.6 Å². The number of methoxy groups -OCH3 is 1. The fraction of sp³-hybridized carbons (Fsp3) is 0.500. The second kappa shape index (κ2) is 6.50. The van der Waals surface area contributed by atoms with Gasteiger partial charge in [-0.15, -0.1) is 0 Å². The Balaban J connectivity index is 2.25. The molecule has 0 spiro atoms. The molecule has 1 aromatic rings. The molecule has 1 atom stereocenters. The number of benzene rings is 1. The van der Waals surface area contributed by atoms with Crippen LogP contribution in [0.15, 0.2) is 18.2 Å². The van der Waals surface area contributed by atoms with Gasteiger partial charge in [0.2, 0.25) is 0 Å². The molecule has 0 saturated carbocycles. The Morgan fingerprint density at radius 3 is 2.79 bits per heavy atom. The number of nitrogens with zero attached hydrogens (tertiary/aromatic N) is 2. The minimum atomic E-state index is -0.307. The van der Waals surface area contributed by atoms with E-state index in [2.05, 4.69) is 16.3 Å². The van der Waals surface area contributed by atoms with E-state index in [-0.39, 0.29) is 11.9 Å². The Morgan fingerprint density at radius 2 is 2.21 bits per heavy atom. The number of halogens is 1. The Hall–Kier alpha value is -1.64. The number of nitriles is 1. The molecule has 0 unspecified atom stereocenters. The summed E-state index contributed by atoms with van der Waals surface area (Å²) < 4.78 is 19.1. The fourth-order valence-electron chi connectivity index (χ4n) is 2.42. The van der Waals surface area contributed by atoms with Gasteiger partial charge in [0.1, 0.15) is 11.6 Å². The van der Waals surface area contributed by atoms with Crippen molar-refractivity contribution >= 4 is 0 Å². The highest BCUT2D eigenvalue weighted by molar-refractivity contribution is 5.31. The first kappa shape index (κ1) is 13.8. The van der Waals surface area contributed by atoms with Gasteiger partial charge < -0.3 is 10.1 Å². The van der Waals surface area contributed by atoms with Gasteiger partial charge in [0.25, 0.3) is 0 Å². The van der Waals surface area contributed by atoms with Crippen molar-refractivity contribution in [3.63, 3.8) is 0 Å². The molecule has 1 saturated heterocycles. The largest absolute Gasteiger partial charge is 0.497 e. The van der Waals surface area contributed by atoms with Crippen LogP contribution in [0, 0.1) is 17.1 Å². The molecule has 1 aromatic carbocycles. The van der Waals surface area contributed by atoms with Gasteiger partial charge >= 0.3 is 0 Å². The lowest BCUT2D eigenvalue weighted by molar-refractivity contribution is 0.172. The van der Waals surface area contributed by atoms with Crippen LogP contribution >= 0.6 is 0 Å². The van der Waals surface area contributed by atoms with E-state index in [0.717, 1.165) is 26.2 Å². The first-order valence-corrected chi connectivity index (χ1v) is 6.41. The van der Waals surface area contributed by atoms with Gasteiger partial charge in [-0.05, 0) is 6.07 Å². The van der Waals surface area contributed by atoms with Crippen LogP contribution in [0.2, 0.25) is 0 Å². The Labute approximate surface area is 112 Å². The molecule has 5 heteroatoms. The van der Waals surface area contributed by atoms with Gasteiger partial charge in [0, 0.05) is 37.8 Å². The Bertz CT molecular complexity index is 466. The maximum atomic E-state index is 14.1. The predicted molar refractivity (Wildman–Crippen MR) is 70.4 cm³/mol. The van der Waals surface area contributed by atoms with Crippen molar-refractivity contribution in [2.24, 2.45) is 0 Å². The summed E-state index contributed by atoms with van der Waals surface area (Å²) in [5.74, 6) is 0.190. The summed E-state index contributed by atoms with van der Waals surface area (Å²) in [5.41, 5.74) is 0.573. The summed E-state index contributed by atoms with van der Waals surface area (Å²) in [6.07, 6.45) is 0.295. The molecule has 0 aliphatic carbocycles. The maximum absolute atomic E-state index is 14.1. The van der Waals surface area contributed by atoms with Crippen LogP contribution in [-0.2, 0) is 0 Å². The van der Waals surface area contributed by atoms with Crippen molar-refractivity contribution in [2.45, 2.75) is 12.5 Å². The van der Waals surface area contributed by atoms with Crippen molar-refractivity contribution in [1.29, 1.82) is 5.26 Å². The van der Waals surface area contributed by atoms with Crippen LogP contribution in [0.1, 0.15) is 18.0 Å². The van der Waals surface area contributed by atoms with E-state index >= 15 is 0 Å². The molecule has 19 heavy (non-hydrogen) atoms. The molecule has 0 aromatic heterocycles. The first-order chi connectivity index (χ1) is 9.26. The lowest BCUT2D eigenvalue weighted by atomic mass is 10.0. The summed E-state index contributed by atoms with van der Waals surface area (Å²) in [5, 5.41) is 12.2. The summed E-state index contributed by atoms with van der Waals surface area (Å²) >= 11 is 0. The molecule has 2 rings (SSSR count). The molecule has 102 valence electrons. The number of hydrogen-bond acceptors (Lipinski definition) is 4. The standard InChI is InChI=1S/C14H18FN3O/c1-19-11-2-3-12(13(15)10-11)14(4-5-16)18-8-6-17-7-9-18/h2-3,10,14,17H,4,6-9H2,1H3/t14-/m0/s1. The summed E-state index contributed by atoms with van der Waals surface area (Å²) in [6, 6.07) is 6.82. The molecule has 1 aliphatic heterocycles. The zero-order valence-electron chi connectivity index (χ0n) is 11.0. The summed E-state index contributed by atoms with van der Waals surface area (Å²) in [6.45, 7) is 3.41. The van der Waals surface area contributed by atoms with Crippen LogP contribution in [-0.4, -0.2) is 38.2 Å². The third kappa shape index (κ3) is 3.22. The number of rotatable bonds is 4. The molecule has 1 aliphatic rings. The average molecular weight is 263 g/mol. The van der Waals surface area contributed by atoms with E-state index in [9.17, 15) is 4.39 Å². The molecule has 1 fully saturated rings. The Morgan fingerprint density at radius 1 is 1.47 bits per heavy atom. The lowest BCUT2D eigenvalue weighted by Crippen LogP contribution is -2.45. The number of piperazine rings is 1. The van der Waals surface area contributed by atoms with E-state index < -0.39 is 0 Å². The van der Waals surface area contributed by atoms with Crippen molar-refractivity contribution < 1.29 is 9.13 Å². The van der Waals surface area contributed by atoms with Crippen molar-refractivity contribution in [2.75, 3.05) is 33.3 Å². The number of nitrogens with one attached hydrogen (secondary N) is 1. The topological polar surface area (TPSA) is 48.3 Å². The highest BCUT2D eigenvalue weighted by Gasteiger charge is 2.24. The monoisotopic (exact) mass is 263 g/mol. The van der Waals surface area contributed by atoms with Gasteiger partial charge in [-0.1, -0.05) is 6.07 Å². The molecule has 1 heterocycles. The Kier molecular flexibility index (Phi) is 4.72. The van der Waals surface area contributed by atoms with E-state index in [1.807, 2.05) is 0 Å². The summed E-state index contributed by atoms with van der Waals surface area (Å²) in [4.78, 5) is 2.16. The highest BCUT2D eigenvalue weighted by Crippen LogP contribution is 2.28. The van der Waals surface area contributed by atoms with Crippen LogP contribution in [0.25, 0.3) is 0 Å². The van der Waals surface area contributed by atoms with Gasteiger partial charge in [-0.3, -0.25) is 4.90 Å². The minimum absolute atomic E-state index is 0.182. The van der Waals surface area contributed by atoms with Crippen LogP contribution < -0.4 is 10.1 Å². The lowest BCUT2D eigenvalue weighted by Gasteiger charge is -2.34. The van der Waals surface area contributed by atoms with Gasteiger partial charge in [-0.25, -0.2) is 4.39 Å². The zero-order valence-corrected chi connectivity index (χ0v) is 11.0. The van der Waals surface area contributed by atoms with Gasteiger partial charge in [0.15, 0.2) is 0 Å². The highest BCUT2D eigenvalue weighted by atomic mass is 19.1. The second-order valence-corrected chi connectivity index (χ2v) is 4.55. The molecule has 1 N–H and O–H groups in total. The predicted octanol–water partition coefficient (Wildman–Crippen LogP) is 1.69. The van der Waals surface area contributed by atoms with Crippen molar-refractivity contribution in [1.82, 2.24) is 10.2 Å². The fourth-order valence-corrected chi connectivity index (χ4v) is 2.42. The summed E-state index contributed by atoms with van der Waals surface area (Å²) in [7, 11) is 1.51. The molecule has 4 nitrogen and oxygen atoms in total. The normalized spacial score (nSPS) is 17.7. The third-order valence-electron chi connectivity index (χ3n) is 3.44. The average Bonchev–Trinajstić information content (AvgIpc) is 2.46. The van der Waals surface area contributed by atoms with E-state index in [4.69, 9.17) is 10.00 Å². The quantitative estimate of drug-likeness (QED) is 0.898. The molecular formula is C14H18FN3O. The van der Waals surface area contributed by atoms with E-state index in [1.54, 1.807) is 12.1 Å².